The Bertz CT molecular complexity index is 1760. The van der Waals surface area contributed by atoms with Crippen LogP contribution in [0.15, 0.2) is 103 Å². The predicted octanol–water partition coefficient (Wildman–Crippen LogP) is 10.1. The molecular formula is C42H49N2O3+. The zero-order valence-electron chi connectivity index (χ0n) is 28.8. The van der Waals surface area contributed by atoms with Gasteiger partial charge in [0.1, 0.15) is 17.1 Å². The first-order valence-electron chi connectivity index (χ1n) is 17.1. The molecule has 2 heterocycles. The normalized spacial score (nSPS) is 11.8. The molecule has 0 saturated carbocycles. The minimum Gasteiger partial charge on any atom is -0.466 e. The summed E-state index contributed by atoms with van der Waals surface area (Å²) in [5, 5.41) is 0. The lowest BCUT2D eigenvalue weighted by molar-refractivity contribution is -0.143. The standard InChI is InChI=1S/C42H49N2O3/c1-7-47-41(45)16-11-12-34-29-40(43-25-9-8-15-39(34)43)42(46)35-13-10-14-38(28-35)44(6,36-21-17-32(18-22-36)26-30(2)3)37-23-19-33(20-24-37)27-31(4)5/h8-10,13-15,17-25,28-31H,7,11-12,16,26-27H2,1-6H3/q+1. The number of rotatable bonds is 14. The number of quaternary nitrogens is 1. The number of nitrogens with zero attached hydrogens (tertiary/aromatic N) is 2. The summed E-state index contributed by atoms with van der Waals surface area (Å²) in [5.41, 5.74) is 9.23. The molecule has 5 heteroatoms. The third-order valence-electron chi connectivity index (χ3n) is 8.94. The molecule has 0 atom stereocenters. The maximum atomic E-state index is 14.3. The number of carbonyl (C=O) groups excluding carboxylic acids is 2. The van der Waals surface area contributed by atoms with Crippen molar-refractivity contribution in [1.29, 1.82) is 0 Å². The van der Waals surface area contributed by atoms with Gasteiger partial charge in [0.2, 0.25) is 5.78 Å². The summed E-state index contributed by atoms with van der Waals surface area (Å²) >= 11 is 0. The van der Waals surface area contributed by atoms with E-state index in [0.29, 0.717) is 53.4 Å². The van der Waals surface area contributed by atoms with Gasteiger partial charge < -0.3 is 9.14 Å². The molecule has 5 nitrogen and oxygen atoms in total. The first-order chi connectivity index (χ1) is 22.6. The Hall–Kier alpha value is -4.48. The Morgan fingerprint density at radius 3 is 1.94 bits per heavy atom. The zero-order valence-corrected chi connectivity index (χ0v) is 28.8. The van der Waals surface area contributed by atoms with Gasteiger partial charge in [-0.25, -0.2) is 4.48 Å². The molecule has 0 amide bonds. The maximum Gasteiger partial charge on any atom is 0.305 e. The van der Waals surface area contributed by atoms with Crippen LogP contribution in [-0.2, 0) is 28.8 Å². The molecule has 3 aromatic carbocycles. The van der Waals surface area contributed by atoms with Gasteiger partial charge >= 0.3 is 5.97 Å². The van der Waals surface area contributed by atoms with Crippen LogP contribution in [0.1, 0.15) is 80.2 Å². The number of ketones is 1. The second-order valence-corrected chi connectivity index (χ2v) is 13.6. The van der Waals surface area contributed by atoms with E-state index >= 15 is 0 Å². The summed E-state index contributed by atoms with van der Waals surface area (Å²) < 4.78 is 7.52. The summed E-state index contributed by atoms with van der Waals surface area (Å²) in [7, 11) is 2.22. The number of aryl methyl sites for hydroxylation is 1. The molecule has 0 spiro atoms. The van der Waals surface area contributed by atoms with E-state index in [-0.39, 0.29) is 11.8 Å². The fourth-order valence-corrected chi connectivity index (χ4v) is 6.58. The van der Waals surface area contributed by atoms with Gasteiger partial charge in [-0.05, 0) is 79.3 Å². The van der Waals surface area contributed by atoms with Crippen LogP contribution in [0.5, 0.6) is 0 Å². The molecule has 0 fully saturated rings. The van der Waals surface area contributed by atoms with E-state index < -0.39 is 0 Å². The van der Waals surface area contributed by atoms with Crippen LogP contribution in [0.3, 0.4) is 0 Å². The molecule has 5 rings (SSSR count). The van der Waals surface area contributed by atoms with Crippen molar-refractivity contribution in [2.45, 2.75) is 66.7 Å². The lowest BCUT2D eigenvalue weighted by Crippen LogP contribution is -2.34. The van der Waals surface area contributed by atoms with E-state index in [0.717, 1.165) is 41.0 Å². The topological polar surface area (TPSA) is 47.8 Å². The van der Waals surface area contributed by atoms with Crippen molar-refractivity contribution in [2.75, 3.05) is 13.7 Å². The number of fused-ring (bicyclic) bond motifs is 1. The zero-order chi connectivity index (χ0) is 33.6. The minimum atomic E-state index is -0.186. The molecule has 0 aliphatic rings. The molecule has 47 heavy (non-hydrogen) atoms. The molecule has 0 aliphatic heterocycles. The van der Waals surface area contributed by atoms with Gasteiger partial charge in [-0.2, -0.15) is 0 Å². The van der Waals surface area contributed by atoms with Gasteiger partial charge in [0.15, 0.2) is 0 Å². The number of esters is 1. The SMILES string of the molecule is CCOC(=O)CCCc1cc(C(=O)c2cccc([N+](C)(c3ccc(CC(C)C)cc3)c3ccc(CC(C)C)cc3)c2)n2ccccc12. The molecular weight excluding hydrogens is 580 g/mol. The van der Waals surface area contributed by atoms with E-state index in [4.69, 9.17) is 4.74 Å². The van der Waals surface area contributed by atoms with Crippen molar-refractivity contribution in [1.82, 2.24) is 8.88 Å². The Labute approximate surface area is 280 Å². The summed E-state index contributed by atoms with van der Waals surface area (Å²) in [6.45, 7) is 11.2. The predicted molar refractivity (Wildman–Crippen MR) is 194 cm³/mol. The van der Waals surface area contributed by atoms with Gasteiger partial charge in [0.25, 0.3) is 0 Å². The molecule has 5 aromatic rings. The quantitative estimate of drug-likeness (QED) is 0.0698. The largest absolute Gasteiger partial charge is 0.466 e. The van der Waals surface area contributed by atoms with Gasteiger partial charge in [-0.15, -0.1) is 0 Å². The third-order valence-corrected chi connectivity index (χ3v) is 8.94. The second kappa shape index (κ2) is 15.0. The molecule has 0 bridgehead atoms. The number of benzene rings is 3. The first kappa shape index (κ1) is 33.9. The molecule has 0 radical (unpaired) electrons. The fourth-order valence-electron chi connectivity index (χ4n) is 6.58. The average molecular weight is 630 g/mol. The van der Waals surface area contributed by atoms with Crippen molar-refractivity contribution < 1.29 is 14.3 Å². The van der Waals surface area contributed by atoms with Crippen molar-refractivity contribution in [3.63, 3.8) is 0 Å². The summed E-state index contributed by atoms with van der Waals surface area (Å²) in [6, 6.07) is 33.9. The van der Waals surface area contributed by atoms with Crippen LogP contribution in [0.25, 0.3) is 5.52 Å². The number of aromatic nitrogens is 1. The number of ether oxygens (including phenoxy) is 1. The lowest BCUT2D eigenvalue weighted by Gasteiger charge is -2.34. The highest BCUT2D eigenvalue weighted by atomic mass is 16.5. The number of pyridine rings is 1. The van der Waals surface area contributed by atoms with Crippen molar-refractivity contribution in [2.24, 2.45) is 11.8 Å². The number of hydrogen-bond donors (Lipinski definition) is 0. The Balaban J connectivity index is 1.53. The van der Waals surface area contributed by atoms with Crippen LogP contribution >= 0.6 is 0 Å². The highest BCUT2D eigenvalue weighted by Crippen LogP contribution is 2.42. The molecule has 0 unspecified atom stereocenters. The first-order valence-corrected chi connectivity index (χ1v) is 17.1. The van der Waals surface area contributed by atoms with E-state index in [9.17, 15) is 9.59 Å². The molecule has 0 aliphatic carbocycles. The van der Waals surface area contributed by atoms with Crippen molar-refractivity contribution in [3.05, 3.63) is 131 Å². The fraction of sp³-hybridized carbons (Fsp3) is 0.333. The number of hydrogen-bond acceptors (Lipinski definition) is 3. The lowest BCUT2D eigenvalue weighted by atomic mass is 10.00. The smallest absolute Gasteiger partial charge is 0.305 e. The Morgan fingerprint density at radius 1 is 0.745 bits per heavy atom. The van der Waals surface area contributed by atoms with Crippen molar-refractivity contribution >= 4 is 34.3 Å². The van der Waals surface area contributed by atoms with Crippen LogP contribution < -0.4 is 4.48 Å². The highest BCUT2D eigenvalue weighted by molar-refractivity contribution is 6.09. The third kappa shape index (κ3) is 7.74. The Morgan fingerprint density at radius 2 is 1.36 bits per heavy atom. The maximum absolute atomic E-state index is 14.3. The molecule has 2 aromatic heterocycles. The summed E-state index contributed by atoms with van der Waals surface area (Å²) in [4.78, 5) is 26.2. The van der Waals surface area contributed by atoms with E-state index in [1.807, 2.05) is 53.9 Å². The van der Waals surface area contributed by atoms with Gasteiger partial charge in [0.05, 0.1) is 19.3 Å². The van der Waals surface area contributed by atoms with E-state index in [2.05, 4.69) is 95.4 Å². The van der Waals surface area contributed by atoms with Crippen LogP contribution in [0, 0.1) is 11.8 Å². The van der Waals surface area contributed by atoms with Crippen LogP contribution in [-0.4, -0.2) is 29.8 Å². The second-order valence-electron chi connectivity index (χ2n) is 13.6. The number of carbonyl (C=O) groups is 2. The summed E-state index contributed by atoms with van der Waals surface area (Å²) in [5.74, 6) is 0.951. The van der Waals surface area contributed by atoms with E-state index in [1.54, 1.807) is 0 Å². The molecule has 244 valence electrons. The summed E-state index contributed by atoms with van der Waals surface area (Å²) in [6.07, 6.45) is 5.73. The molecule has 0 saturated heterocycles. The van der Waals surface area contributed by atoms with Crippen molar-refractivity contribution in [3.8, 4) is 0 Å². The van der Waals surface area contributed by atoms with Gasteiger partial charge in [-0.1, -0.05) is 70.2 Å². The minimum absolute atomic E-state index is 0.0317. The van der Waals surface area contributed by atoms with Crippen LogP contribution in [0.4, 0.5) is 17.1 Å². The van der Waals surface area contributed by atoms with Gasteiger partial charge in [-0.3, -0.25) is 9.59 Å². The van der Waals surface area contributed by atoms with E-state index in [1.165, 1.54) is 11.1 Å². The monoisotopic (exact) mass is 629 g/mol. The van der Waals surface area contributed by atoms with Crippen LogP contribution in [0.2, 0.25) is 0 Å². The van der Waals surface area contributed by atoms with Gasteiger partial charge in [0, 0.05) is 60.1 Å². The average Bonchev–Trinajstić information content (AvgIpc) is 3.43. The highest BCUT2D eigenvalue weighted by Gasteiger charge is 2.32. The molecule has 0 N–H and O–H groups in total. The Kier molecular flexibility index (Phi) is 10.8.